The van der Waals surface area contributed by atoms with Crippen LogP contribution in [-0.2, 0) is 6.42 Å². The third kappa shape index (κ3) is 2.30. The lowest BCUT2D eigenvalue weighted by molar-refractivity contribution is -0.384. The molecule has 0 aliphatic heterocycles. The number of benzene rings is 1. The van der Waals surface area contributed by atoms with Gasteiger partial charge in [-0.3, -0.25) is 14.7 Å². The molecule has 1 aromatic carbocycles. The van der Waals surface area contributed by atoms with Gasteiger partial charge in [0, 0.05) is 24.9 Å². The van der Waals surface area contributed by atoms with Gasteiger partial charge in [-0.15, -0.1) is 0 Å². The van der Waals surface area contributed by atoms with Crippen molar-refractivity contribution in [2.24, 2.45) is 0 Å². The summed E-state index contributed by atoms with van der Waals surface area (Å²) in [5, 5.41) is 20.0. The Labute approximate surface area is 108 Å². The number of carboxylic acids is 1. The largest absolute Gasteiger partial charge is 0.478 e. The van der Waals surface area contributed by atoms with Crippen LogP contribution in [0.4, 0.5) is 5.69 Å². The Morgan fingerprint density at radius 2 is 2.26 bits per heavy atom. The van der Waals surface area contributed by atoms with Gasteiger partial charge in [-0.25, -0.2) is 9.78 Å². The summed E-state index contributed by atoms with van der Waals surface area (Å²) in [7, 11) is 0. The smallest absolute Gasteiger partial charge is 0.335 e. The molecule has 0 radical (unpaired) electrons. The Bertz CT molecular complexity index is 648. The van der Waals surface area contributed by atoms with Gasteiger partial charge in [0.25, 0.3) is 5.69 Å². The number of rotatable bonds is 4. The van der Waals surface area contributed by atoms with E-state index >= 15 is 0 Å². The molecule has 98 valence electrons. The zero-order valence-corrected chi connectivity index (χ0v) is 10.1. The lowest BCUT2D eigenvalue weighted by atomic mass is 10.1. The molecule has 19 heavy (non-hydrogen) atoms. The van der Waals surface area contributed by atoms with Crippen LogP contribution in [0.2, 0.25) is 0 Å². The first-order chi connectivity index (χ1) is 9.04. The van der Waals surface area contributed by atoms with Crippen molar-refractivity contribution in [2.75, 3.05) is 0 Å². The van der Waals surface area contributed by atoms with Gasteiger partial charge in [0.2, 0.25) is 0 Å². The number of nitrogens with zero attached hydrogens (tertiary/aromatic N) is 3. The van der Waals surface area contributed by atoms with Crippen molar-refractivity contribution in [3.05, 3.63) is 52.1 Å². The van der Waals surface area contributed by atoms with Gasteiger partial charge in [0.15, 0.2) is 0 Å². The Balaban J connectivity index is 2.68. The first kappa shape index (κ1) is 12.7. The van der Waals surface area contributed by atoms with Crippen molar-refractivity contribution in [3.63, 3.8) is 0 Å². The number of nitro benzene ring substituents is 1. The van der Waals surface area contributed by atoms with Gasteiger partial charge in [-0.2, -0.15) is 0 Å². The lowest BCUT2D eigenvalue weighted by Gasteiger charge is -2.08. The van der Waals surface area contributed by atoms with E-state index in [0.717, 1.165) is 0 Å². The molecule has 0 bridgehead atoms. The molecule has 0 atom stereocenters. The minimum absolute atomic E-state index is 0.00338. The summed E-state index contributed by atoms with van der Waals surface area (Å²) >= 11 is 0. The molecular weight excluding hydrogens is 250 g/mol. The molecule has 0 spiro atoms. The fourth-order valence-corrected chi connectivity index (χ4v) is 1.82. The van der Waals surface area contributed by atoms with E-state index in [4.69, 9.17) is 5.11 Å². The van der Waals surface area contributed by atoms with E-state index in [1.165, 1.54) is 29.0 Å². The number of nitro groups is 1. The maximum atomic E-state index is 11.0. The monoisotopic (exact) mass is 261 g/mol. The zero-order valence-electron chi connectivity index (χ0n) is 10.1. The predicted octanol–water partition coefficient (Wildman–Crippen LogP) is 2.04. The number of hydrogen-bond donors (Lipinski definition) is 1. The molecule has 7 nitrogen and oxygen atoms in total. The van der Waals surface area contributed by atoms with E-state index < -0.39 is 10.9 Å². The average molecular weight is 261 g/mol. The number of aryl methyl sites for hydroxylation is 1. The number of aromatic carboxylic acids is 1. The van der Waals surface area contributed by atoms with Crippen LogP contribution in [0.25, 0.3) is 5.69 Å². The standard InChI is InChI=1S/C12H11N3O4/c1-2-11-13-5-6-14(11)10-7-8(12(16)17)3-4-9(10)15(18)19/h3-7H,2H2,1H3,(H,16,17). The zero-order chi connectivity index (χ0) is 14.0. The maximum absolute atomic E-state index is 11.0. The SMILES string of the molecule is CCc1nccn1-c1cc(C(=O)O)ccc1[N+](=O)[O-]. The number of carboxylic acid groups (broad SMARTS) is 1. The number of aromatic nitrogens is 2. The van der Waals surface area contributed by atoms with Gasteiger partial charge < -0.3 is 5.11 Å². The molecule has 1 heterocycles. The van der Waals surface area contributed by atoms with Crippen molar-refractivity contribution in [1.29, 1.82) is 0 Å². The molecule has 0 amide bonds. The highest BCUT2D eigenvalue weighted by Crippen LogP contribution is 2.25. The maximum Gasteiger partial charge on any atom is 0.335 e. The van der Waals surface area contributed by atoms with Gasteiger partial charge in [-0.05, 0) is 12.1 Å². The second-order valence-corrected chi connectivity index (χ2v) is 3.83. The Kier molecular flexibility index (Phi) is 3.28. The van der Waals surface area contributed by atoms with E-state index in [1.54, 1.807) is 6.20 Å². The summed E-state index contributed by atoms with van der Waals surface area (Å²) in [6, 6.07) is 3.69. The van der Waals surface area contributed by atoms with E-state index in [9.17, 15) is 14.9 Å². The van der Waals surface area contributed by atoms with Crippen molar-refractivity contribution in [2.45, 2.75) is 13.3 Å². The van der Waals surface area contributed by atoms with Gasteiger partial charge >= 0.3 is 5.97 Å². The topological polar surface area (TPSA) is 98.3 Å². The van der Waals surface area contributed by atoms with E-state index in [2.05, 4.69) is 4.98 Å². The van der Waals surface area contributed by atoms with E-state index in [0.29, 0.717) is 12.2 Å². The minimum atomic E-state index is -1.13. The highest BCUT2D eigenvalue weighted by molar-refractivity contribution is 5.89. The molecule has 0 saturated heterocycles. The summed E-state index contributed by atoms with van der Waals surface area (Å²) in [5.74, 6) is -0.500. The van der Waals surface area contributed by atoms with E-state index in [-0.39, 0.29) is 16.9 Å². The van der Waals surface area contributed by atoms with Crippen LogP contribution in [-0.4, -0.2) is 25.6 Å². The molecule has 2 rings (SSSR count). The Morgan fingerprint density at radius 3 is 2.84 bits per heavy atom. The fourth-order valence-electron chi connectivity index (χ4n) is 1.82. The predicted molar refractivity (Wildman–Crippen MR) is 66.6 cm³/mol. The van der Waals surface area contributed by atoms with Crippen LogP contribution >= 0.6 is 0 Å². The lowest BCUT2D eigenvalue weighted by Crippen LogP contribution is -2.06. The molecule has 0 fully saturated rings. The molecule has 0 saturated carbocycles. The molecule has 0 aliphatic carbocycles. The van der Waals surface area contributed by atoms with Crippen LogP contribution in [0, 0.1) is 10.1 Å². The fraction of sp³-hybridized carbons (Fsp3) is 0.167. The van der Waals surface area contributed by atoms with Crippen LogP contribution in [0.5, 0.6) is 0 Å². The average Bonchev–Trinajstić information content (AvgIpc) is 2.85. The summed E-state index contributed by atoms with van der Waals surface area (Å²) in [5.41, 5.74) is 0.0494. The molecule has 2 aromatic rings. The van der Waals surface area contributed by atoms with Crippen LogP contribution in [0.15, 0.2) is 30.6 Å². The summed E-state index contributed by atoms with van der Waals surface area (Å²) in [4.78, 5) is 25.5. The van der Waals surface area contributed by atoms with Gasteiger partial charge in [0.05, 0.1) is 10.5 Å². The highest BCUT2D eigenvalue weighted by Gasteiger charge is 2.19. The molecule has 0 aliphatic rings. The molecule has 1 N–H and O–H groups in total. The summed E-state index contributed by atoms with van der Waals surface area (Å²) in [6.07, 6.45) is 3.68. The number of imidazole rings is 1. The van der Waals surface area contributed by atoms with Gasteiger partial charge in [-0.1, -0.05) is 6.92 Å². The quantitative estimate of drug-likeness (QED) is 0.670. The van der Waals surface area contributed by atoms with Crippen LogP contribution < -0.4 is 0 Å². The normalized spacial score (nSPS) is 10.4. The van der Waals surface area contributed by atoms with E-state index in [1.807, 2.05) is 6.92 Å². The third-order valence-electron chi connectivity index (χ3n) is 2.71. The first-order valence-electron chi connectivity index (χ1n) is 5.59. The minimum Gasteiger partial charge on any atom is -0.478 e. The van der Waals surface area contributed by atoms with Crippen LogP contribution in [0.3, 0.4) is 0 Å². The van der Waals surface area contributed by atoms with Crippen molar-refractivity contribution in [3.8, 4) is 5.69 Å². The number of carbonyl (C=O) groups is 1. The second-order valence-electron chi connectivity index (χ2n) is 3.83. The summed E-state index contributed by atoms with van der Waals surface area (Å²) in [6.45, 7) is 1.87. The summed E-state index contributed by atoms with van der Waals surface area (Å²) < 4.78 is 1.53. The molecular formula is C12H11N3O4. The Morgan fingerprint density at radius 1 is 1.53 bits per heavy atom. The highest BCUT2D eigenvalue weighted by atomic mass is 16.6. The molecule has 7 heteroatoms. The van der Waals surface area contributed by atoms with Gasteiger partial charge in [0.1, 0.15) is 11.5 Å². The second kappa shape index (κ2) is 4.89. The van der Waals surface area contributed by atoms with Crippen molar-refractivity contribution in [1.82, 2.24) is 9.55 Å². The third-order valence-corrected chi connectivity index (χ3v) is 2.71. The van der Waals surface area contributed by atoms with Crippen molar-refractivity contribution >= 4 is 11.7 Å². The van der Waals surface area contributed by atoms with Crippen LogP contribution in [0.1, 0.15) is 23.1 Å². The van der Waals surface area contributed by atoms with Crippen molar-refractivity contribution < 1.29 is 14.8 Å². The first-order valence-corrected chi connectivity index (χ1v) is 5.59. The molecule has 1 aromatic heterocycles. The molecule has 0 unspecified atom stereocenters. The Hall–Kier alpha value is -2.70. The number of hydrogen-bond acceptors (Lipinski definition) is 4.